The molecule has 8 nitrogen and oxygen atoms in total. The van der Waals surface area contributed by atoms with Crippen LogP contribution in [0.5, 0.6) is 0 Å². The van der Waals surface area contributed by atoms with E-state index in [4.69, 9.17) is 14.6 Å². The molecule has 19 heavy (non-hydrogen) atoms. The summed E-state index contributed by atoms with van der Waals surface area (Å²) in [5.74, 6) is 0.413. The summed E-state index contributed by atoms with van der Waals surface area (Å²) in [4.78, 5) is 0. The quantitative estimate of drug-likeness (QED) is 0.805. The maximum absolute atomic E-state index is 11.6. The van der Waals surface area contributed by atoms with Crippen LogP contribution in [-0.4, -0.2) is 43.0 Å². The predicted octanol–water partition coefficient (Wildman–Crippen LogP) is -0.232. The molecule has 0 spiro atoms. The van der Waals surface area contributed by atoms with E-state index in [9.17, 15) is 8.42 Å². The Morgan fingerprint density at radius 3 is 2.47 bits per heavy atom. The predicted molar refractivity (Wildman–Crippen MR) is 65.9 cm³/mol. The van der Waals surface area contributed by atoms with E-state index in [1.165, 1.54) is 4.57 Å². The average Bonchev–Trinajstić information content (AvgIpc) is 2.74. The van der Waals surface area contributed by atoms with E-state index in [2.05, 4.69) is 10.2 Å². The van der Waals surface area contributed by atoms with Crippen LogP contribution >= 0.6 is 0 Å². The van der Waals surface area contributed by atoms with Crippen molar-refractivity contribution >= 4 is 10.0 Å². The molecule has 1 atom stereocenters. The molecule has 1 unspecified atom stereocenters. The van der Waals surface area contributed by atoms with Gasteiger partial charge in [0.25, 0.3) is 15.2 Å². The van der Waals surface area contributed by atoms with Crippen molar-refractivity contribution < 1.29 is 17.9 Å². The molecule has 1 aliphatic heterocycles. The fourth-order valence-corrected chi connectivity index (χ4v) is 2.72. The van der Waals surface area contributed by atoms with E-state index < -0.39 is 21.7 Å². The Hall–Kier alpha value is -1.03. The van der Waals surface area contributed by atoms with Crippen molar-refractivity contribution in [1.29, 1.82) is 0 Å². The summed E-state index contributed by atoms with van der Waals surface area (Å²) in [6, 6.07) is 0. The molecule has 2 N–H and O–H groups in total. The zero-order valence-corrected chi connectivity index (χ0v) is 12.0. The van der Waals surface area contributed by atoms with Crippen LogP contribution in [0.1, 0.15) is 32.7 Å². The van der Waals surface area contributed by atoms with E-state index in [0.717, 1.165) is 0 Å². The minimum Gasteiger partial charge on any atom is -0.376 e. The number of rotatable bonds is 2. The van der Waals surface area contributed by atoms with Crippen molar-refractivity contribution in [2.75, 3.05) is 19.8 Å². The summed E-state index contributed by atoms with van der Waals surface area (Å²) in [6.07, 6.45) is -0.434. The third kappa shape index (κ3) is 2.94. The van der Waals surface area contributed by atoms with Crippen molar-refractivity contribution in [3.05, 3.63) is 5.82 Å². The maximum Gasteiger partial charge on any atom is 0.273 e. The van der Waals surface area contributed by atoms with E-state index in [0.29, 0.717) is 25.6 Å². The molecule has 0 aromatic carbocycles. The van der Waals surface area contributed by atoms with Crippen LogP contribution in [0.25, 0.3) is 0 Å². The number of ether oxygens (including phenoxy) is 2. The summed E-state index contributed by atoms with van der Waals surface area (Å²) in [6.45, 7) is 6.81. The van der Waals surface area contributed by atoms with Crippen molar-refractivity contribution in [3.63, 3.8) is 0 Å². The van der Waals surface area contributed by atoms with Gasteiger partial charge in [0.2, 0.25) is 0 Å². The van der Waals surface area contributed by atoms with Crippen LogP contribution in [0.3, 0.4) is 0 Å². The van der Waals surface area contributed by atoms with E-state index in [1.807, 2.05) is 20.8 Å². The van der Waals surface area contributed by atoms with Gasteiger partial charge >= 0.3 is 0 Å². The van der Waals surface area contributed by atoms with Crippen LogP contribution in [0.4, 0.5) is 0 Å². The Balaban J connectivity index is 2.53. The molecular formula is C10H18N4O4S. The zero-order valence-electron chi connectivity index (χ0n) is 11.2. The summed E-state index contributed by atoms with van der Waals surface area (Å²) in [7, 11) is -3.94. The highest BCUT2D eigenvalue weighted by Gasteiger charge is 2.33. The number of nitrogens with two attached hydrogens (primary N) is 1. The Morgan fingerprint density at radius 2 is 2.00 bits per heavy atom. The number of hydrogen-bond donors (Lipinski definition) is 1. The largest absolute Gasteiger partial charge is 0.376 e. The normalized spacial score (nSPS) is 21.6. The molecule has 0 aliphatic carbocycles. The Labute approximate surface area is 111 Å². The lowest BCUT2D eigenvalue weighted by molar-refractivity contribution is -0.0959. The molecule has 0 bridgehead atoms. The molecule has 0 saturated carbocycles. The van der Waals surface area contributed by atoms with Crippen LogP contribution in [0, 0.1) is 0 Å². The number of sulfonamides is 1. The molecule has 0 radical (unpaired) electrons. The van der Waals surface area contributed by atoms with Gasteiger partial charge in [-0.05, 0) is 20.8 Å². The van der Waals surface area contributed by atoms with Gasteiger partial charge in [-0.25, -0.2) is 13.6 Å². The number of hydrogen-bond acceptors (Lipinski definition) is 6. The summed E-state index contributed by atoms with van der Waals surface area (Å²) < 4.78 is 35.5. The number of aromatic nitrogens is 3. The molecule has 1 fully saturated rings. The SMILES string of the molecule is CC(C)(C)n1c(C2COCCO2)nnc1S(N)(=O)=O. The van der Waals surface area contributed by atoms with Crippen LogP contribution in [-0.2, 0) is 25.0 Å². The molecular weight excluding hydrogens is 272 g/mol. The van der Waals surface area contributed by atoms with Crippen molar-refractivity contribution in [2.45, 2.75) is 37.6 Å². The smallest absolute Gasteiger partial charge is 0.273 e. The lowest BCUT2D eigenvalue weighted by atomic mass is 10.1. The van der Waals surface area contributed by atoms with Crippen molar-refractivity contribution in [1.82, 2.24) is 14.8 Å². The van der Waals surface area contributed by atoms with Gasteiger partial charge in [-0.3, -0.25) is 4.57 Å². The zero-order chi connectivity index (χ0) is 14.3. The third-order valence-electron chi connectivity index (χ3n) is 2.69. The molecule has 2 heterocycles. The lowest BCUT2D eigenvalue weighted by Gasteiger charge is -2.28. The second-order valence-electron chi connectivity index (χ2n) is 5.33. The minimum atomic E-state index is -3.94. The number of primary sulfonamides is 1. The first-order valence-corrected chi connectivity index (χ1v) is 7.44. The second kappa shape index (κ2) is 4.82. The Morgan fingerprint density at radius 1 is 1.32 bits per heavy atom. The highest BCUT2D eigenvalue weighted by Crippen LogP contribution is 2.27. The molecule has 1 saturated heterocycles. The fraction of sp³-hybridized carbons (Fsp3) is 0.800. The highest BCUT2D eigenvalue weighted by atomic mass is 32.2. The Bertz CT molecular complexity index is 555. The topological polar surface area (TPSA) is 109 Å². The first-order valence-electron chi connectivity index (χ1n) is 5.89. The van der Waals surface area contributed by atoms with Crippen molar-refractivity contribution in [2.24, 2.45) is 5.14 Å². The minimum absolute atomic E-state index is 0.260. The van der Waals surface area contributed by atoms with Crippen molar-refractivity contribution in [3.8, 4) is 0 Å². The van der Waals surface area contributed by atoms with Gasteiger partial charge in [0.15, 0.2) is 5.82 Å². The Kier molecular flexibility index (Phi) is 3.65. The summed E-state index contributed by atoms with van der Waals surface area (Å²) >= 11 is 0. The molecule has 2 rings (SSSR count). The molecule has 0 amide bonds. The van der Waals surface area contributed by atoms with E-state index in [1.54, 1.807) is 0 Å². The lowest BCUT2D eigenvalue weighted by Crippen LogP contribution is -2.33. The van der Waals surface area contributed by atoms with Crippen LogP contribution < -0.4 is 5.14 Å². The molecule has 108 valence electrons. The van der Waals surface area contributed by atoms with Gasteiger partial charge in [-0.2, -0.15) is 0 Å². The molecule has 1 aromatic rings. The van der Waals surface area contributed by atoms with Gasteiger partial charge in [0.1, 0.15) is 6.10 Å². The molecule has 1 aromatic heterocycles. The monoisotopic (exact) mass is 290 g/mol. The van der Waals surface area contributed by atoms with Crippen LogP contribution in [0.15, 0.2) is 5.16 Å². The standard InChI is InChI=1S/C10H18N4O4S/c1-10(2,3)14-8(7-6-17-4-5-18-7)12-13-9(14)19(11,15)16/h7H,4-6H2,1-3H3,(H2,11,15,16). The van der Waals surface area contributed by atoms with Gasteiger partial charge < -0.3 is 9.47 Å². The van der Waals surface area contributed by atoms with Gasteiger partial charge in [-0.15, -0.1) is 10.2 Å². The fourth-order valence-electron chi connectivity index (χ4n) is 1.94. The molecule has 9 heteroatoms. The van der Waals surface area contributed by atoms with Crippen LogP contribution in [0.2, 0.25) is 0 Å². The van der Waals surface area contributed by atoms with E-state index in [-0.39, 0.29) is 5.16 Å². The third-order valence-corrected chi connectivity index (χ3v) is 3.46. The maximum atomic E-state index is 11.6. The second-order valence-corrected chi connectivity index (χ2v) is 6.78. The van der Waals surface area contributed by atoms with Gasteiger partial charge in [0, 0.05) is 5.54 Å². The van der Waals surface area contributed by atoms with Gasteiger partial charge in [-0.1, -0.05) is 0 Å². The first kappa shape index (κ1) is 14.4. The van der Waals surface area contributed by atoms with E-state index >= 15 is 0 Å². The average molecular weight is 290 g/mol. The number of nitrogens with zero attached hydrogens (tertiary/aromatic N) is 3. The van der Waals surface area contributed by atoms with Gasteiger partial charge in [0.05, 0.1) is 19.8 Å². The first-order chi connectivity index (χ1) is 8.71. The highest BCUT2D eigenvalue weighted by molar-refractivity contribution is 7.89. The summed E-state index contributed by atoms with van der Waals surface area (Å²) in [5.41, 5.74) is -0.540. The molecule has 1 aliphatic rings. The summed E-state index contributed by atoms with van der Waals surface area (Å²) in [5, 5.41) is 12.5.